The van der Waals surface area contributed by atoms with Crippen LogP contribution in [0.5, 0.6) is 0 Å². The van der Waals surface area contributed by atoms with Crippen LogP contribution in [0.4, 0.5) is 0 Å². The smallest absolute Gasteiger partial charge is 0.672 e. The van der Waals surface area contributed by atoms with Crippen LogP contribution in [-0.2, 0) is 0 Å². The standard InChI is InChI=1S/2C16H13.C4H14NSi2.Gd/c2*1-12-15-10-6-5-9-14(15)11-16(12)13-7-3-2-4-8-13;1-6(2)5-7(3)4;/h2*2-10,12H,1H3;6-7H,1-4H3;/q3*-1;+3. The van der Waals surface area contributed by atoms with Gasteiger partial charge in [0, 0.05) is 0 Å². The van der Waals surface area contributed by atoms with Crippen LogP contribution >= 0.6 is 0 Å². The first-order chi connectivity index (χ1) is 18.8. The Hall–Kier alpha value is -1.92. The average Bonchev–Trinajstić information content (AvgIpc) is 3.47. The summed E-state index contributed by atoms with van der Waals surface area (Å²) in [7, 11) is -1.08. The molecule has 2 aliphatic rings. The number of hydrogen-bond donors (Lipinski definition) is 0. The second-order valence-corrected chi connectivity index (χ2v) is 16.3. The van der Waals surface area contributed by atoms with Gasteiger partial charge in [-0.2, -0.15) is 0 Å². The second kappa shape index (κ2) is 15.9. The van der Waals surface area contributed by atoms with E-state index < -0.39 is 17.9 Å². The monoisotopic (exact) mass is 700 g/mol. The predicted octanol–water partition coefficient (Wildman–Crippen LogP) is 9.40. The Morgan fingerprint density at radius 2 is 0.825 bits per heavy atom. The molecule has 2 atom stereocenters. The Morgan fingerprint density at radius 3 is 1.12 bits per heavy atom. The SMILES string of the molecule is CC1C(c2ccccc2)=[C-]c2ccccc21.CC1C(c2ccccc2)=[C-]c2ccccc21.C[SiH](C)[N-][SiH](C)C.[Gd+3]. The van der Waals surface area contributed by atoms with E-state index in [1.165, 1.54) is 44.5 Å². The Labute approximate surface area is 277 Å². The maximum atomic E-state index is 4.56. The van der Waals surface area contributed by atoms with Gasteiger partial charge in [-0.3, -0.25) is 0 Å². The molecule has 0 aliphatic heterocycles. The van der Waals surface area contributed by atoms with Crippen molar-refractivity contribution >= 4 is 29.1 Å². The summed E-state index contributed by atoms with van der Waals surface area (Å²) in [6.45, 7) is 13.6. The van der Waals surface area contributed by atoms with Crippen molar-refractivity contribution in [2.75, 3.05) is 0 Å². The number of fused-ring (bicyclic) bond motifs is 2. The van der Waals surface area contributed by atoms with E-state index in [1.54, 1.807) is 0 Å². The first kappa shape index (κ1) is 32.6. The molecular weight excluding hydrogens is 660 g/mol. The van der Waals surface area contributed by atoms with E-state index in [0.29, 0.717) is 11.8 Å². The number of nitrogens with zero attached hydrogens (tertiary/aromatic N) is 1. The van der Waals surface area contributed by atoms with E-state index in [1.807, 2.05) is 0 Å². The third-order valence-corrected chi connectivity index (χ3v) is 11.8. The first-order valence-corrected chi connectivity index (χ1v) is 19.8. The molecule has 40 heavy (non-hydrogen) atoms. The quantitative estimate of drug-likeness (QED) is 0.149. The summed E-state index contributed by atoms with van der Waals surface area (Å²) >= 11 is 0. The Balaban J connectivity index is 0.000000177. The molecule has 0 heterocycles. The van der Waals surface area contributed by atoms with Crippen LogP contribution in [-0.4, -0.2) is 17.9 Å². The topological polar surface area (TPSA) is 14.1 Å². The molecule has 2 unspecified atom stereocenters. The summed E-state index contributed by atoms with van der Waals surface area (Å²) in [5, 5.41) is 0. The van der Waals surface area contributed by atoms with Gasteiger partial charge in [-0.25, -0.2) is 0 Å². The first-order valence-electron chi connectivity index (χ1n) is 14.1. The fourth-order valence-corrected chi connectivity index (χ4v) is 10.0. The molecule has 0 amide bonds. The fraction of sp³-hybridized carbons (Fsp3) is 0.222. The number of hydrogen-bond acceptors (Lipinski definition) is 0. The van der Waals surface area contributed by atoms with Crippen LogP contribution < -0.4 is 0 Å². The molecule has 4 heteroatoms. The van der Waals surface area contributed by atoms with E-state index in [2.05, 4.69) is 166 Å². The number of rotatable bonds is 4. The zero-order chi connectivity index (χ0) is 27.8. The van der Waals surface area contributed by atoms with Gasteiger partial charge in [0.25, 0.3) is 0 Å². The molecule has 4 aromatic carbocycles. The van der Waals surface area contributed by atoms with Crippen molar-refractivity contribution in [2.45, 2.75) is 51.9 Å². The summed E-state index contributed by atoms with van der Waals surface area (Å²) in [5.74, 6) is 0.914. The van der Waals surface area contributed by atoms with Gasteiger partial charge in [0.1, 0.15) is 0 Å². The molecular formula is C36H40GdNSi2. The van der Waals surface area contributed by atoms with Crippen LogP contribution in [0.1, 0.15) is 59.1 Å². The molecule has 4 aromatic rings. The van der Waals surface area contributed by atoms with Crippen molar-refractivity contribution < 1.29 is 39.9 Å². The largest absolute Gasteiger partial charge is 3.00 e. The van der Waals surface area contributed by atoms with Gasteiger partial charge >= 0.3 is 39.9 Å². The summed E-state index contributed by atoms with van der Waals surface area (Å²) in [6.07, 6.45) is 7.03. The van der Waals surface area contributed by atoms with Gasteiger partial charge in [0.05, 0.1) is 0 Å². The van der Waals surface area contributed by atoms with Gasteiger partial charge in [0.15, 0.2) is 0 Å². The van der Waals surface area contributed by atoms with Crippen molar-refractivity contribution in [3.8, 4) is 0 Å². The molecule has 0 spiro atoms. The Bertz CT molecular complexity index is 1300. The van der Waals surface area contributed by atoms with Crippen LogP contribution in [0, 0.1) is 52.1 Å². The minimum absolute atomic E-state index is 0. The Morgan fingerprint density at radius 1 is 0.500 bits per heavy atom. The van der Waals surface area contributed by atoms with Gasteiger partial charge in [-0.1, -0.05) is 142 Å². The average molecular weight is 700 g/mol. The summed E-state index contributed by atoms with van der Waals surface area (Å²) < 4.78 is 4.56. The van der Waals surface area contributed by atoms with Crippen molar-refractivity contribution in [1.29, 1.82) is 0 Å². The molecule has 1 radical (unpaired) electrons. The molecule has 0 saturated heterocycles. The second-order valence-electron chi connectivity index (χ2n) is 10.8. The van der Waals surface area contributed by atoms with Crippen molar-refractivity contribution in [1.82, 2.24) is 0 Å². The van der Waals surface area contributed by atoms with Gasteiger partial charge in [0.2, 0.25) is 0 Å². The normalized spacial score (nSPS) is 16.4. The minimum Gasteiger partial charge on any atom is -0.672 e. The molecule has 0 saturated carbocycles. The van der Waals surface area contributed by atoms with E-state index in [0.717, 1.165) is 0 Å². The van der Waals surface area contributed by atoms with Gasteiger partial charge in [-0.15, -0.1) is 82.0 Å². The molecule has 1 nitrogen and oxygen atoms in total. The van der Waals surface area contributed by atoms with Crippen LogP contribution in [0.2, 0.25) is 26.2 Å². The molecule has 0 bridgehead atoms. The van der Waals surface area contributed by atoms with E-state index >= 15 is 0 Å². The molecule has 0 aromatic heterocycles. The molecule has 0 N–H and O–H groups in total. The maximum absolute atomic E-state index is 4.56. The van der Waals surface area contributed by atoms with E-state index in [4.69, 9.17) is 0 Å². The zero-order valence-corrected chi connectivity index (χ0v) is 29.1. The minimum atomic E-state index is -0.542. The number of benzene rings is 4. The maximum Gasteiger partial charge on any atom is 3.00 e. The van der Waals surface area contributed by atoms with Crippen LogP contribution in [0.15, 0.2) is 109 Å². The third kappa shape index (κ3) is 8.55. The van der Waals surface area contributed by atoms with Gasteiger partial charge < -0.3 is 4.65 Å². The Kier molecular flexibility index (Phi) is 13.0. The zero-order valence-electron chi connectivity index (χ0n) is 24.5. The van der Waals surface area contributed by atoms with Gasteiger partial charge in [-0.05, 0) is 11.8 Å². The molecule has 0 fully saturated rings. The van der Waals surface area contributed by atoms with Crippen LogP contribution in [0.25, 0.3) is 15.8 Å². The third-order valence-electron chi connectivity index (χ3n) is 7.03. The summed E-state index contributed by atoms with van der Waals surface area (Å²) in [4.78, 5) is 0. The molecule has 6 rings (SSSR count). The van der Waals surface area contributed by atoms with Crippen molar-refractivity contribution in [2.24, 2.45) is 0 Å². The fourth-order valence-electron chi connectivity index (χ4n) is 5.27. The van der Waals surface area contributed by atoms with Crippen LogP contribution in [0.3, 0.4) is 0 Å². The summed E-state index contributed by atoms with van der Waals surface area (Å²) in [6, 6.07) is 38.1. The molecule has 2 aliphatic carbocycles. The van der Waals surface area contributed by atoms with Crippen molar-refractivity contribution in [3.05, 3.63) is 159 Å². The van der Waals surface area contributed by atoms with Crippen molar-refractivity contribution in [3.63, 3.8) is 0 Å². The van der Waals surface area contributed by atoms with E-state index in [-0.39, 0.29) is 39.9 Å². The molecule has 205 valence electrons. The summed E-state index contributed by atoms with van der Waals surface area (Å²) in [5.41, 5.74) is 10.5. The number of allylic oxidation sites excluding steroid dienone is 2. The van der Waals surface area contributed by atoms with E-state index in [9.17, 15) is 0 Å². The predicted molar refractivity (Wildman–Crippen MR) is 175 cm³/mol.